The largest absolute Gasteiger partial charge is 0.295 e. The minimum Gasteiger partial charge on any atom is -0.295 e. The summed E-state index contributed by atoms with van der Waals surface area (Å²) in [6.45, 7) is 1.43. The SMILES string of the molecule is CC(=O)C(C[P+](c1ccccc1)(c1ccccc1)c1ccccc1)=C(C#N)C#N. The van der Waals surface area contributed by atoms with Crippen molar-refractivity contribution < 1.29 is 4.79 Å². The molecule has 140 valence electrons. The van der Waals surface area contributed by atoms with E-state index in [4.69, 9.17) is 0 Å². The summed E-state index contributed by atoms with van der Waals surface area (Å²) in [5, 5.41) is 22.3. The van der Waals surface area contributed by atoms with E-state index in [1.54, 1.807) is 0 Å². The summed E-state index contributed by atoms with van der Waals surface area (Å²) in [7, 11) is -2.32. The number of allylic oxidation sites excluding steroid dienone is 2. The molecule has 3 nitrogen and oxygen atoms in total. The van der Waals surface area contributed by atoms with Crippen LogP contribution in [0.1, 0.15) is 6.92 Å². The molecule has 0 aromatic heterocycles. The second-order valence-corrected chi connectivity index (χ2v) is 10.1. The molecular weight excluding hydrogens is 375 g/mol. The lowest BCUT2D eigenvalue weighted by atomic mass is 10.1. The molecule has 0 aliphatic rings. The van der Waals surface area contributed by atoms with Crippen LogP contribution in [0.5, 0.6) is 0 Å². The number of hydrogen-bond donors (Lipinski definition) is 0. The lowest BCUT2D eigenvalue weighted by Gasteiger charge is -2.28. The summed E-state index contributed by atoms with van der Waals surface area (Å²) in [5.41, 5.74) is 0.185. The molecule has 0 aliphatic carbocycles. The first-order valence-electron chi connectivity index (χ1n) is 9.22. The standard InChI is InChI=1S/C25H20N2OP/c1-20(28)25(21(17-26)18-27)19-29(22-11-5-2-6-12-22,23-13-7-3-8-14-23)24-15-9-4-10-16-24/h2-16H,19H2,1H3/q+1. The van der Waals surface area contributed by atoms with E-state index in [9.17, 15) is 15.3 Å². The van der Waals surface area contributed by atoms with Crippen LogP contribution < -0.4 is 15.9 Å². The highest BCUT2D eigenvalue weighted by molar-refractivity contribution is 7.95. The number of Topliss-reactive ketones (excluding diaryl/α,β-unsaturated/α-hetero) is 1. The lowest BCUT2D eigenvalue weighted by Crippen LogP contribution is -2.34. The second-order valence-electron chi connectivity index (χ2n) is 6.61. The van der Waals surface area contributed by atoms with Crippen LogP contribution in [0, 0.1) is 22.7 Å². The molecule has 0 saturated heterocycles. The van der Waals surface area contributed by atoms with Crippen LogP contribution in [-0.4, -0.2) is 11.9 Å². The number of rotatable bonds is 6. The van der Waals surface area contributed by atoms with Gasteiger partial charge in [0.2, 0.25) is 0 Å². The summed E-state index contributed by atoms with van der Waals surface area (Å²) in [5.74, 6) is -0.240. The Morgan fingerprint density at radius 3 is 1.34 bits per heavy atom. The third-order valence-corrected chi connectivity index (χ3v) is 9.27. The van der Waals surface area contributed by atoms with Gasteiger partial charge in [0.25, 0.3) is 0 Å². The molecule has 0 spiro atoms. The molecule has 3 aromatic rings. The molecule has 0 aliphatic heterocycles. The maximum atomic E-state index is 12.5. The fraction of sp³-hybridized carbons (Fsp3) is 0.0800. The Hall–Kier alpha value is -3.52. The smallest absolute Gasteiger partial charge is 0.161 e. The monoisotopic (exact) mass is 395 g/mol. The van der Waals surface area contributed by atoms with Crippen molar-refractivity contribution in [3.05, 3.63) is 102 Å². The molecule has 29 heavy (non-hydrogen) atoms. The van der Waals surface area contributed by atoms with E-state index in [0.717, 1.165) is 15.9 Å². The molecule has 0 bridgehead atoms. The van der Waals surface area contributed by atoms with Crippen LogP contribution in [0.4, 0.5) is 0 Å². The van der Waals surface area contributed by atoms with Crippen LogP contribution in [0.25, 0.3) is 0 Å². The van der Waals surface area contributed by atoms with Gasteiger partial charge in [0.05, 0.1) is 5.57 Å². The molecule has 3 aromatic carbocycles. The van der Waals surface area contributed by atoms with Gasteiger partial charge in [-0.25, -0.2) is 0 Å². The third kappa shape index (κ3) is 4.02. The molecule has 0 unspecified atom stereocenters. The predicted octanol–water partition coefficient (Wildman–Crippen LogP) is 3.91. The minimum absolute atomic E-state index is 0.107. The predicted molar refractivity (Wildman–Crippen MR) is 119 cm³/mol. The van der Waals surface area contributed by atoms with Gasteiger partial charge in [-0.2, -0.15) is 10.5 Å². The van der Waals surface area contributed by atoms with E-state index < -0.39 is 7.26 Å². The zero-order valence-electron chi connectivity index (χ0n) is 16.1. The fourth-order valence-corrected chi connectivity index (χ4v) is 7.87. The van der Waals surface area contributed by atoms with Crippen molar-refractivity contribution in [2.24, 2.45) is 0 Å². The number of carbonyl (C=O) groups excluding carboxylic acids is 1. The Morgan fingerprint density at radius 2 is 1.07 bits per heavy atom. The van der Waals surface area contributed by atoms with Gasteiger partial charge in [0.1, 0.15) is 47.0 Å². The molecule has 0 heterocycles. The molecule has 4 heteroatoms. The second kappa shape index (κ2) is 9.11. The summed E-state index contributed by atoms with van der Waals surface area (Å²) >= 11 is 0. The first kappa shape index (κ1) is 20.2. The fourth-order valence-electron chi connectivity index (χ4n) is 3.53. The lowest BCUT2D eigenvalue weighted by molar-refractivity contribution is -0.113. The van der Waals surface area contributed by atoms with E-state index in [0.29, 0.717) is 11.7 Å². The maximum Gasteiger partial charge on any atom is 0.161 e. The number of benzene rings is 3. The zero-order valence-corrected chi connectivity index (χ0v) is 17.0. The van der Waals surface area contributed by atoms with Crippen molar-refractivity contribution in [2.45, 2.75) is 6.92 Å². The molecule has 0 radical (unpaired) electrons. The minimum atomic E-state index is -2.32. The Balaban J connectivity index is 2.41. The number of carbonyl (C=O) groups is 1. The van der Waals surface area contributed by atoms with Gasteiger partial charge in [0.15, 0.2) is 5.78 Å². The molecule has 0 amide bonds. The average Bonchev–Trinajstić information content (AvgIpc) is 2.78. The Labute approximate surface area is 171 Å². The molecular formula is C25H20N2OP+. The third-order valence-electron chi connectivity index (χ3n) is 4.94. The van der Waals surface area contributed by atoms with Gasteiger partial charge in [-0.1, -0.05) is 54.6 Å². The van der Waals surface area contributed by atoms with E-state index in [1.165, 1.54) is 6.92 Å². The number of nitriles is 2. The van der Waals surface area contributed by atoms with Crippen molar-refractivity contribution >= 4 is 29.0 Å². The van der Waals surface area contributed by atoms with E-state index in [-0.39, 0.29) is 11.4 Å². The van der Waals surface area contributed by atoms with E-state index >= 15 is 0 Å². The van der Waals surface area contributed by atoms with Crippen LogP contribution in [0.2, 0.25) is 0 Å². The zero-order chi connectivity index (χ0) is 20.7. The Morgan fingerprint density at radius 1 is 0.724 bits per heavy atom. The molecule has 0 saturated carbocycles. The molecule has 0 atom stereocenters. The van der Waals surface area contributed by atoms with Crippen molar-refractivity contribution in [1.29, 1.82) is 10.5 Å². The van der Waals surface area contributed by atoms with Crippen LogP contribution in [0.3, 0.4) is 0 Å². The van der Waals surface area contributed by atoms with E-state index in [1.807, 2.05) is 66.7 Å². The summed E-state index contributed by atoms with van der Waals surface area (Å²) in [6, 6.07) is 34.1. The van der Waals surface area contributed by atoms with E-state index in [2.05, 4.69) is 36.4 Å². The first-order valence-corrected chi connectivity index (χ1v) is 11.2. The van der Waals surface area contributed by atoms with Crippen molar-refractivity contribution in [3.63, 3.8) is 0 Å². The van der Waals surface area contributed by atoms with Gasteiger partial charge in [-0.3, -0.25) is 4.79 Å². The summed E-state index contributed by atoms with van der Waals surface area (Å²) in [4.78, 5) is 12.5. The number of nitrogens with zero attached hydrogens (tertiary/aromatic N) is 2. The van der Waals surface area contributed by atoms with Crippen molar-refractivity contribution in [1.82, 2.24) is 0 Å². The van der Waals surface area contributed by atoms with Crippen LogP contribution in [-0.2, 0) is 4.79 Å². The van der Waals surface area contributed by atoms with Gasteiger partial charge < -0.3 is 0 Å². The summed E-state index contributed by atoms with van der Waals surface area (Å²) < 4.78 is 0. The topological polar surface area (TPSA) is 64.7 Å². The van der Waals surface area contributed by atoms with Crippen LogP contribution >= 0.6 is 7.26 Å². The molecule has 0 fully saturated rings. The highest BCUT2D eigenvalue weighted by Gasteiger charge is 2.47. The normalized spacial score (nSPS) is 10.4. The quantitative estimate of drug-likeness (QED) is 0.361. The van der Waals surface area contributed by atoms with Crippen LogP contribution in [0.15, 0.2) is 102 Å². The average molecular weight is 395 g/mol. The van der Waals surface area contributed by atoms with Crippen molar-refractivity contribution in [3.8, 4) is 12.1 Å². The van der Waals surface area contributed by atoms with Gasteiger partial charge in [-0.15, -0.1) is 0 Å². The highest BCUT2D eigenvalue weighted by Crippen LogP contribution is 2.56. The van der Waals surface area contributed by atoms with Gasteiger partial charge >= 0.3 is 0 Å². The van der Waals surface area contributed by atoms with Gasteiger partial charge in [0, 0.05) is 0 Å². The molecule has 3 rings (SSSR count). The Kier molecular flexibility index (Phi) is 6.36. The van der Waals surface area contributed by atoms with Gasteiger partial charge in [-0.05, 0) is 43.3 Å². The molecule has 0 N–H and O–H groups in total. The summed E-state index contributed by atoms with van der Waals surface area (Å²) in [6.07, 6.45) is 0.330. The number of hydrogen-bond acceptors (Lipinski definition) is 3. The maximum absolute atomic E-state index is 12.5. The van der Waals surface area contributed by atoms with Crippen molar-refractivity contribution in [2.75, 3.05) is 6.16 Å². The highest BCUT2D eigenvalue weighted by atomic mass is 31.2. The Bertz CT molecular complexity index is 996. The first-order chi connectivity index (χ1) is 14.1. The number of ketones is 1.